The van der Waals surface area contributed by atoms with Gasteiger partial charge in [-0.1, -0.05) is 37.6 Å². The van der Waals surface area contributed by atoms with Crippen LogP contribution < -0.4 is 21.1 Å². The number of nitrogens with two attached hydrogens (primary N) is 1. The van der Waals surface area contributed by atoms with Gasteiger partial charge in [0.15, 0.2) is 0 Å². The number of halogens is 1. The van der Waals surface area contributed by atoms with E-state index in [0.29, 0.717) is 47.7 Å². The maximum absolute atomic E-state index is 12.8. The standard InChI is InChI=1S/C25H29ClN4O2/c1-17(2)18-6-7-19(23(15-18)32-14-4-12-27)16-29-24-22(5-3-13-28-24)25(31)30-21-10-8-20(26)9-11-21/h3,5-11,13,15,17H,4,12,14,16,27H2,1-2H3,(H,28,29)(H,30,31). The van der Waals surface area contributed by atoms with Gasteiger partial charge in [0, 0.05) is 29.0 Å². The number of carbonyl (C=O) groups excluding carboxylic acids is 1. The van der Waals surface area contributed by atoms with Crippen molar-refractivity contribution in [3.63, 3.8) is 0 Å². The van der Waals surface area contributed by atoms with Crippen LogP contribution in [0.4, 0.5) is 11.5 Å². The zero-order valence-corrected chi connectivity index (χ0v) is 19.2. The van der Waals surface area contributed by atoms with E-state index in [1.165, 1.54) is 5.56 Å². The fourth-order valence-corrected chi connectivity index (χ4v) is 3.24. The minimum atomic E-state index is -0.252. The van der Waals surface area contributed by atoms with Crippen LogP contribution in [0.5, 0.6) is 5.75 Å². The number of aromatic nitrogens is 1. The van der Waals surface area contributed by atoms with Crippen molar-refractivity contribution in [1.82, 2.24) is 4.98 Å². The molecule has 0 spiro atoms. The topological polar surface area (TPSA) is 89.3 Å². The number of amides is 1. The van der Waals surface area contributed by atoms with Gasteiger partial charge in [0.2, 0.25) is 0 Å². The molecule has 0 aliphatic carbocycles. The SMILES string of the molecule is CC(C)c1ccc(CNc2ncccc2C(=O)Nc2ccc(Cl)cc2)c(OCCCN)c1. The van der Waals surface area contributed by atoms with Crippen molar-refractivity contribution in [2.75, 3.05) is 23.8 Å². The van der Waals surface area contributed by atoms with Crippen LogP contribution in [-0.2, 0) is 6.54 Å². The van der Waals surface area contributed by atoms with Crippen LogP contribution in [0.25, 0.3) is 0 Å². The Morgan fingerprint density at radius 2 is 1.94 bits per heavy atom. The normalized spacial score (nSPS) is 10.8. The molecule has 1 aromatic heterocycles. The molecule has 0 fully saturated rings. The smallest absolute Gasteiger partial charge is 0.259 e. The van der Waals surface area contributed by atoms with E-state index >= 15 is 0 Å². The van der Waals surface area contributed by atoms with E-state index in [2.05, 4.69) is 47.7 Å². The van der Waals surface area contributed by atoms with Crippen LogP contribution in [0.15, 0.2) is 60.8 Å². The van der Waals surface area contributed by atoms with Crippen molar-refractivity contribution in [1.29, 1.82) is 0 Å². The molecule has 3 rings (SSSR count). The van der Waals surface area contributed by atoms with Gasteiger partial charge in [0.1, 0.15) is 11.6 Å². The molecule has 1 amide bonds. The summed E-state index contributed by atoms with van der Waals surface area (Å²) in [7, 11) is 0. The highest BCUT2D eigenvalue weighted by atomic mass is 35.5. The first-order valence-electron chi connectivity index (χ1n) is 10.7. The number of anilines is 2. The lowest BCUT2D eigenvalue weighted by Crippen LogP contribution is -2.16. The molecule has 1 heterocycles. The number of hydrogen-bond donors (Lipinski definition) is 3. The van der Waals surface area contributed by atoms with E-state index in [1.807, 2.05) is 0 Å². The number of nitrogens with zero attached hydrogens (tertiary/aromatic N) is 1. The van der Waals surface area contributed by atoms with Gasteiger partial charge in [-0.3, -0.25) is 4.79 Å². The zero-order chi connectivity index (χ0) is 22.9. The van der Waals surface area contributed by atoms with Crippen molar-refractivity contribution in [3.8, 4) is 5.75 Å². The molecule has 0 aliphatic rings. The Balaban J connectivity index is 1.75. The Morgan fingerprint density at radius 1 is 1.16 bits per heavy atom. The second-order valence-corrected chi connectivity index (χ2v) is 8.16. The van der Waals surface area contributed by atoms with Crippen molar-refractivity contribution in [2.24, 2.45) is 5.73 Å². The van der Waals surface area contributed by atoms with Crippen molar-refractivity contribution in [2.45, 2.75) is 32.7 Å². The summed E-state index contributed by atoms with van der Waals surface area (Å²) in [5.74, 6) is 1.46. The third-order valence-corrected chi connectivity index (χ3v) is 5.22. The van der Waals surface area contributed by atoms with Crippen molar-refractivity contribution < 1.29 is 9.53 Å². The molecule has 0 radical (unpaired) electrons. The van der Waals surface area contributed by atoms with Gasteiger partial charge in [-0.05, 0) is 66.9 Å². The maximum atomic E-state index is 12.8. The third-order valence-electron chi connectivity index (χ3n) is 4.96. The van der Waals surface area contributed by atoms with Gasteiger partial charge < -0.3 is 21.1 Å². The van der Waals surface area contributed by atoms with Gasteiger partial charge in [0.05, 0.1) is 12.2 Å². The molecule has 0 bridgehead atoms. The molecule has 0 aliphatic heterocycles. The van der Waals surface area contributed by atoms with Gasteiger partial charge in [-0.2, -0.15) is 0 Å². The molecule has 4 N–H and O–H groups in total. The molecule has 2 aromatic carbocycles. The number of nitrogens with one attached hydrogen (secondary N) is 2. The first-order valence-corrected chi connectivity index (χ1v) is 11.1. The molecule has 0 atom stereocenters. The summed E-state index contributed by atoms with van der Waals surface area (Å²) in [6, 6.07) is 16.7. The first kappa shape index (κ1) is 23.6. The van der Waals surface area contributed by atoms with Gasteiger partial charge >= 0.3 is 0 Å². The minimum absolute atomic E-state index is 0.252. The number of rotatable bonds is 10. The summed E-state index contributed by atoms with van der Waals surface area (Å²) in [5.41, 5.74) is 8.91. The average Bonchev–Trinajstić information content (AvgIpc) is 2.80. The van der Waals surface area contributed by atoms with Gasteiger partial charge in [-0.25, -0.2) is 4.98 Å². The van der Waals surface area contributed by atoms with E-state index < -0.39 is 0 Å². The van der Waals surface area contributed by atoms with E-state index in [9.17, 15) is 4.79 Å². The van der Waals surface area contributed by atoms with E-state index in [4.69, 9.17) is 22.1 Å². The first-order chi connectivity index (χ1) is 15.5. The van der Waals surface area contributed by atoms with Crippen LogP contribution in [0, 0.1) is 0 Å². The van der Waals surface area contributed by atoms with Crippen molar-refractivity contribution >= 4 is 29.0 Å². The summed E-state index contributed by atoms with van der Waals surface area (Å²) >= 11 is 5.92. The number of benzene rings is 2. The highest BCUT2D eigenvalue weighted by Gasteiger charge is 2.14. The summed E-state index contributed by atoms with van der Waals surface area (Å²) in [4.78, 5) is 17.2. The molecule has 0 unspecified atom stereocenters. The third kappa shape index (κ3) is 6.45. The fourth-order valence-electron chi connectivity index (χ4n) is 3.12. The largest absolute Gasteiger partial charge is 0.493 e. The number of ether oxygens (including phenoxy) is 1. The van der Waals surface area contributed by atoms with Crippen LogP contribution in [-0.4, -0.2) is 24.0 Å². The molecule has 7 heteroatoms. The molecule has 32 heavy (non-hydrogen) atoms. The number of hydrogen-bond acceptors (Lipinski definition) is 5. The summed E-state index contributed by atoms with van der Waals surface area (Å²) < 4.78 is 5.99. The Hall–Kier alpha value is -3.09. The Kier molecular flexibility index (Phi) is 8.48. The molecule has 168 valence electrons. The second kappa shape index (κ2) is 11.5. The van der Waals surface area contributed by atoms with Crippen LogP contribution in [0.3, 0.4) is 0 Å². The minimum Gasteiger partial charge on any atom is -0.493 e. The fraction of sp³-hybridized carbons (Fsp3) is 0.280. The summed E-state index contributed by atoms with van der Waals surface area (Å²) in [6.45, 7) is 5.90. The average molecular weight is 453 g/mol. The molecule has 0 saturated carbocycles. The second-order valence-electron chi connectivity index (χ2n) is 7.73. The predicted molar refractivity (Wildman–Crippen MR) is 131 cm³/mol. The van der Waals surface area contributed by atoms with Crippen molar-refractivity contribution in [3.05, 3.63) is 82.5 Å². The molecule has 0 saturated heterocycles. The monoisotopic (exact) mass is 452 g/mol. The van der Waals surface area contributed by atoms with Crippen LogP contribution in [0.1, 0.15) is 47.7 Å². The van der Waals surface area contributed by atoms with E-state index in [0.717, 1.165) is 17.7 Å². The summed E-state index contributed by atoms with van der Waals surface area (Å²) in [6.07, 6.45) is 2.44. The lowest BCUT2D eigenvalue weighted by atomic mass is 10.0. The molecule has 3 aromatic rings. The highest BCUT2D eigenvalue weighted by Crippen LogP contribution is 2.26. The number of pyridine rings is 1. The maximum Gasteiger partial charge on any atom is 0.259 e. The highest BCUT2D eigenvalue weighted by molar-refractivity contribution is 6.30. The van der Waals surface area contributed by atoms with Gasteiger partial charge in [0.25, 0.3) is 5.91 Å². The Morgan fingerprint density at radius 3 is 2.66 bits per heavy atom. The zero-order valence-electron chi connectivity index (χ0n) is 18.4. The molecule has 6 nitrogen and oxygen atoms in total. The van der Waals surface area contributed by atoms with E-state index in [1.54, 1.807) is 42.6 Å². The molecular formula is C25H29ClN4O2. The van der Waals surface area contributed by atoms with Gasteiger partial charge in [-0.15, -0.1) is 0 Å². The van der Waals surface area contributed by atoms with Crippen LogP contribution >= 0.6 is 11.6 Å². The van der Waals surface area contributed by atoms with E-state index in [-0.39, 0.29) is 5.91 Å². The van der Waals surface area contributed by atoms with Crippen LogP contribution in [0.2, 0.25) is 5.02 Å². The Bertz CT molecular complexity index is 1040. The predicted octanol–water partition coefficient (Wildman–Crippen LogP) is 5.45. The Labute approximate surface area is 194 Å². The summed E-state index contributed by atoms with van der Waals surface area (Å²) in [5, 5.41) is 6.77. The molecular weight excluding hydrogens is 424 g/mol. The lowest BCUT2D eigenvalue weighted by Gasteiger charge is -2.16. The number of carbonyl (C=O) groups is 1. The quantitative estimate of drug-likeness (QED) is 0.356. The lowest BCUT2D eigenvalue weighted by molar-refractivity contribution is 0.102.